The number of piperidine rings is 1. The molecule has 1 aromatic rings. The van der Waals surface area contributed by atoms with Crippen molar-refractivity contribution in [1.29, 1.82) is 0 Å². The van der Waals surface area contributed by atoms with E-state index in [1.165, 1.54) is 5.56 Å². The van der Waals surface area contributed by atoms with Crippen LogP contribution in [0.3, 0.4) is 0 Å². The minimum absolute atomic E-state index is 0.0462. The fourth-order valence-electron chi connectivity index (χ4n) is 3.05. The molecule has 0 spiro atoms. The van der Waals surface area contributed by atoms with Crippen LogP contribution in [0.5, 0.6) is 0 Å². The van der Waals surface area contributed by atoms with Crippen LogP contribution in [0.15, 0.2) is 30.3 Å². The van der Waals surface area contributed by atoms with Crippen molar-refractivity contribution in [2.75, 3.05) is 25.1 Å². The van der Waals surface area contributed by atoms with Crippen molar-refractivity contribution in [3.05, 3.63) is 35.9 Å². The van der Waals surface area contributed by atoms with Gasteiger partial charge in [0, 0.05) is 19.3 Å². The van der Waals surface area contributed by atoms with Gasteiger partial charge >= 0.3 is 0 Å². The predicted molar refractivity (Wildman–Crippen MR) is 91.9 cm³/mol. The van der Waals surface area contributed by atoms with Gasteiger partial charge in [0.05, 0.1) is 11.8 Å². The quantitative estimate of drug-likeness (QED) is 0.878. The van der Waals surface area contributed by atoms with E-state index in [1.807, 2.05) is 18.2 Å². The number of hydrogen-bond acceptors (Lipinski definition) is 4. The van der Waals surface area contributed by atoms with Gasteiger partial charge in [0.1, 0.15) is 9.84 Å². The Morgan fingerprint density at radius 1 is 1.26 bits per heavy atom. The van der Waals surface area contributed by atoms with Crippen molar-refractivity contribution in [2.24, 2.45) is 5.73 Å². The number of nitrogens with two attached hydrogens (primary N) is 1. The van der Waals surface area contributed by atoms with Crippen LogP contribution >= 0.6 is 0 Å². The first kappa shape index (κ1) is 17.9. The van der Waals surface area contributed by atoms with Crippen LogP contribution in [0.1, 0.15) is 31.7 Å². The summed E-state index contributed by atoms with van der Waals surface area (Å²) in [4.78, 5) is 14.1. The largest absolute Gasteiger partial charge is 0.341 e. The monoisotopic (exact) mass is 338 g/mol. The van der Waals surface area contributed by atoms with E-state index in [1.54, 1.807) is 4.90 Å². The number of carbonyl (C=O) groups is 1. The molecule has 0 saturated carbocycles. The van der Waals surface area contributed by atoms with E-state index < -0.39 is 15.9 Å². The summed E-state index contributed by atoms with van der Waals surface area (Å²) in [6, 6.07) is 9.63. The molecule has 0 radical (unpaired) electrons. The van der Waals surface area contributed by atoms with Gasteiger partial charge in [-0.15, -0.1) is 0 Å². The minimum atomic E-state index is -3.09. The summed E-state index contributed by atoms with van der Waals surface area (Å²) in [6.45, 7) is 3.56. The molecule has 1 amide bonds. The molecule has 2 rings (SSSR count). The Bertz CT molecular complexity index is 635. The van der Waals surface area contributed by atoms with Crippen molar-refractivity contribution in [3.63, 3.8) is 0 Å². The first-order valence-electron chi connectivity index (χ1n) is 7.99. The molecule has 0 aromatic heterocycles. The van der Waals surface area contributed by atoms with Crippen LogP contribution in [-0.2, 0) is 20.0 Å². The summed E-state index contributed by atoms with van der Waals surface area (Å²) in [7, 11) is -3.09. The molecule has 1 atom stereocenters. The second-order valence-electron chi connectivity index (χ2n) is 6.78. The fourth-order valence-corrected chi connectivity index (χ4v) is 3.73. The molecule has 1 saturated heterocycles. The molecule has 2 N–H and O–H groups in total. The highest BCUT2D eigenvalue weighted by molar-refractivity contribution is 7.90. The third-order valence-corrected chi connectivity index (χ3v) is 5.74. The average Bonchev–Trinajstić information content (AvgIpc) is 2.53. The Kier molecular flexibility index (Phi) is 5.47. The highest BCUT2D eigenvalue weighted by atomic mass is 32.2. The Balaban J connectivity index is 1.92. The lowest BCUT2D eigenvalue weighted by molar-refractivity contribution is -0.134. The van der Waals surface area contributed by atoms with Gasteiger partial charge in [-0.3, -0.25) is 4.79 Å². The maximum atomic E-state index is 12.4. The van der Waals surface area contributed by atoms with Crippen molar-refractivity contribution in [1.82, 2.24) is 4.90 Å². The van der Waals surface area contributed by atoms with Gasteiger partial charge in [-0.2, -0.15) is 0 Å². The molecule has 1 heterocycles. The number of benzene rings is 1. The van der Waals surface area contributed by atoms with E-state index in [-0.39, 0.29) is 23.5 Å². The third-order valence-electron chi connectivity index (χ3n) is 4.77. The van der Waals surface area contributed by atoms with Gasteiger partial charge in [-0.25, -0.2) is 8.42 Å². The Labute approximate surface area is 138 Å². The number of nitrogens with zero attached hydrogens (tertiary/aromatic N) is 1. The predicted octanol–water partition coefficient (Wildman–Crippen LogP) is 1.33. The van der Waals surface area contributed by atoms with Crippen LogP contribution in [-0.4, -0.2) is 50.4 Å². The lowest BCUT2D eigenvalue weighted by atomic mass is 9.74. The van der Waals surface area contributed by atoms with Gasteiger partial charge in [0.15, 0.2) is 0 Å². The Morgan fingerprint density at radius 3 is 2.35 bits per heavy atom. The molecular formula is C17H26N2O3S. The van der Waals surface area contributed by atoms with Crippen LogP contribution in [0.2, 0.25) is 0 Å². The normalized spacial score (nSPS) is 19.3. The molecule has 6 heteroatoms. The highest BCUT2D eigenvalue weighted by Crippen LogP contribution is 2.34. The summed E-state index contributed by atoms with van der Waals surface area (Å²) in [5, 5.41) is 0. The lowest BCUT2D eigenvalue weighted by Gasteiger charge is -2.40. The van der Waals surface area contributed by atoms with Gasteiger partial charge in [-0.1, -0.05) is 37.3 Å². The summed E-state index contributed by atoms with van der Waals surface area (Å²) in [5.74, 6) is -0.182. The third kappa shape index (κ3) is 4.78. The van der Waals surface area contributed by atoms with E-state index in [2.05, 4.69) is 19.1 Å². The number of rotatable bonds is 5. The molecule has 1 aliphatic heterocycles. The fraction of sp³-hybridized carbons (Fsp3) is 0.588. The van der Waals surface area contributed by atoms with E-state index in [9.17, 15) is 13.2 Å². The number of hydrogen-bond donors (Lipinski definition) is 1. The topological polar surface area (TPSA) is 80.5 Å². The first-order chi connectivity index (χ1) is 10.7. The maximum absolute atomic E-state index is 12.4. The second kappa shape index (κ2) is 7.01. The zero-order valence-corrected chi connectivity index (χ0v) is 14.7. The van der Waals surface area contributed by atoms with Crippen molar-refractivity contribution in [3.8, 4) is 0 Å². The maximum Gasteiger partial charge on any atom is 0.239 e. The zero-order valence-electron chi connectivity index (χ0n) is 13.9. The molecule has 23 heavy (non-hydrogen) atoms. The molecule has 1 aromatic carbocycles. The standard InChI is InChI=1S/C17H26N2O3S/c1-17(14-6-4-3-5-7-14)9-11-19(12-10-17)16(20)15(18)8-13-23(2,21)22/h3-7,15H,8-13,18H2,1-2H3/t15-/m0/s1. The van der Waals surface area contributed by atoms with Crippen LogP contribution in [0.25, 0.3) is 0 Å². The van der Waals surface area contributed by atoms with Crippen molar-refractivity contribution < 1.29 is 13.2 Å². The van der Waals surface area contributed by atoms with Crippen LogP contribution in [0, 0.1) is 0 Å². The van der Waals surface area contributed by atoms with Crippen LogP contribution < -0.4 is 5.73 Å². The van der Waals surface area contributed by atoms with Gasteiger partial charge < -0.3 is 10.6 Å². The SMILES string of the molecule is CC1(c2ccccc2)CCN(C(=O)[C@@H](N)CCS(C)(=O)=O)CC1. The van der Waals surface area contributed by atoms with E-state index in [0.717, 1.165) is 19.1 Å². The van der Waals surface area contributed by atoms with E-state index >= 15 is 0 Å². The number of carbonyl (C=O) groups excluding carboxylic acids is 1. The van der Waals surface area contributed by atoms with Crippen molar-refractivity contribution in [2.45, 2.75) is 37.6 Å². The van der Waals surface area contributed by atoms with Gasteiger partial charge in [0.2, 0.25) is 5.91 Å². The number of likely N-dealkylation sites (tertiary alicyclic amines) is 1. The number of sulfone groups is 1. The smallest absolute Gasteiger partial charge is 0.239 e. The zero-order chi connectivity index (χ0) is 17.1. The Hall–Kier alpha value is -1.40. The average molecular weight is 338 g/mol. The lowest BCUT2D eigenvalue weighted by Crippen LogP contribution is -2.50. The van der Waals surface area contributed by atoms with Crippen molar-refractivity contribution >= 4 is 15.7 Å². The summed E-state index contributed by atoms with van der Waals surface area (Å²) in [6.07, 6.45) is 3.13. The Morgan fingerprint density at radius 2 is 1.83 bits per heavy atom. The van der Waals surface area contributed by atoms with Crippen LogP contribution in [0.4, 0.5) is 0 Å². The molecular weight excluding hydrogens is 312 g/mol. The second-order valence-corrected chi connectivity index (χ2v) is 9.04. The minimum Gasteiger partial charge on any atom is -0.341 e. The summed E-state index contributed by atoms with van der Waals surface area (Å²) in [5.41, 5.74) is 7.26. The molecule has 0 unspecified atom stereocenters. The summed E-state index contributed by atoms with van der Waals surface area (Å²) >= 11 is 0. The molecule has 1 aliphatic rings. The molecule has 1 fully saturated rings. The van der Waals surface area contributed by atoms with Gasteiger partial charge in [-0.05, 0) is 30.2 Å². The van der Waals surface area contributed by atoms with E-state index in [4.69, 9.17) is 5.73 Å². The van der Waals surface area contributed by atoms with E-state index in [0.29, 0.717) is 13.1 Å². The molecule has 128 valence electrons. The van der Waals surface area contributed by atoms with Gasteiger partial charge in [0.25, 0.3) is 0 Å². The highest BCUT2D eigenvalue weighted by Gasteiger charge is 2.34. The first-order valence-corrected chi connectivity index (χ1v) is 10.0. The molecule has 0 aliphatic carbocycles. The summed E-state index contributed by atoms with van der Waals surface area (Å²) < 4.78 is 22.4. The molecule has 5 nitrogen and oxygen atoms in total. The molecule has 0 bridgehead atoms. The number of amides is 1.